The number of anilines is 2. The van der Waals surface area contributed by atoms with Crippen molar-refractivity contribution in [3.05, 3.63) is 24.2 Å². The normalized spacial score (nSPS) is 11.2. The van der Waals surface area contributed by atoms with Crippen molar-refractivity contribution in [2.24, 2.45) is 0 Å². The van der Waals surface area contributed by atoms with Crippen molar-refractivity contribution in [1.29, 1.82) is 0 Å². The first-order chi connectivity index (χ1) is 9.09. The fraction of sp³-hybridized carbons (Fsp3) is 0.538. The maximum atomic E-state index is 6.05. The predicted octanol–water partition coefficient (Wildman–Crippen LogP) is 2.05. The van der Waals surface area contributed by atoms with Crippen LogP contribution < -0.4 is 11.1 Å². The molecule has 3 N–H and O–H groups in total. The van der Waals surface area contributed by atoms with Crippen molar-refractivity contribution in [2.75, 3.05) is 17.6 Å². The molecule has 0 radical (unpaired) electrons. The molecule has 0 aliphatic heterocycles. The minimum absolute atomic E-state index is 0.296. The van der Waals surface area contributed by atoms with E-state index in [9.17, 15) is 0 Å². The maximum Gasteiger partial charge on any atom is 0.148 e. The molecule has 2 aromatic rings. The highest BCUT2D eigenvalue weighted by atomic mass is 15.4. The van der Waals surface area contributed by atoms with E-state index in [1.54, 1.807) is 6.20 Å². The van der Waals surface area contributed by atoms with Crippen molar-refractivity contribution in [1.82, 2.24) is 19.6 Å². The number of nitrogens with one attached hydrogen (secondary N) is 1. The van der Waals surface area contributed by atoms with E-state index in [1.165, 1.54) is 0 Å². The topological polar surface area (TPSA) is 73.7 Å². The van der Waals surface area contributed by atoms with Crippen LogP contribution in [0.3, 0.4) is 0 Å². The van der Waals surface area contributed by atoms with Crippen molar-refractivity contribution in [3.63, 3.8) is 0 Å². The zero-order valence-electron chi connectivity index (χ0n) is 11.8. The van der Waals surface area contributed by atoms with Gasteiger partial charge in [0.25, 0.3) is 0 Å². The first-order valence-corrected chi connectivity index (χ1v) is 6.65. The highest BCUT2D eigenvalue weighted by Crippen LogP contribution is 2.25. The molecule has 0 aliphatic carbocycles. The molecule has 0 amide bonds. The van der Waals surface area contributed by atoms with Crippen LogP contribution >= 0.6 is 0 Å². The SMILES string of the molecule is Cc1nn(C(C)C)c(NCCCn2cccn2)c1N. The van der Waals surface area contributed by atoms with Crippen LogP contribution in [-0.4, -0.2) is 26.1 Å². The summed E-state index contributed by atoms with van der Waals surface area (Å²) in [5.41, 5.74) is 7.68. The highest BCUT2D eigenvalue weighted by Gasteiger charge is 2.13. The molecule has 0 fully saturated rings. The lowest BCUT2D eigenvalue weighted by molar-refractivity contribution is 0.531. The molecule has 0 saturated carbocycles. The monoisotopic (exact) mass is 262 g/mol. The molecule has 6 heteroatoms. The Balaban J connectivity index is 1.92. The largest absolute Gasteiger partial charge is 0.394 e. The summed E-state index contributed by atoms with van der Waals surface area (Å²) in [5.74, 6) is 0.924. The van der Waals surface area contributed by atoms with Gasteiger partial charge in [-0.1, -0.05) is 0 Å². The van der Waals surface area contributed by atoms with E-state index < -0.39 is 0 Å². The van der Waals surface area contributed by atoms with Crippen molar-refractivity contribution in [3.8, 4) is 0 Å². The molecule has 19 heavy (non-hydrogen) atoms. The second kappa shape index (κ2) is 5.77. The third kappa shape index (κ3) is 3.07. The number of nitrogens with zero attached hydrogens (tertiary/aromatic N) is 4. The quantitative estimate of drug-likeness (QED) is 0.781. The number of nitrogen functional groups attached to an aromatic ring is 1. The molecule has 0 bridgehead atoms. The van der Waals surface area contributed by atoms with Gasteiger partial charge in [0.2, 0.25) is 0 Å². The number of aromatic nitrogens is 4. The van der Waals surface area contributed by atoms with Crippen LogP contribution in [-0.2, 0) is 6.54 Å². The Labute approximate surface area is 113 Å². The number of nitrogens with two attached hydrogens (primary N) is 1. The average Bonchev–Trinajstić information content (AvgIpc) is 2.97. The zero-order valence-corrected chi connectivity index (χ0v) is 11.8. The minimum atomic E-state index is 0.296. The molecule has 0 aromatic carbocycles. The fourth-order valence-corrected chi connectivity index (χ4v) is 1.99. The molecular weight excluding hydrogens is 240 g/mol. The summed E-state index contributed by atoms with van der Waals surface area (Å²) in [6, 6.07) is 2.23. The van der Waals surface area contributed by atoms with Gasteiger partial charge in [0, 0.05) is 31.5 Å². The molecule has 0 aliphatic rings. The molecule has 0 spiro atoms. The summed E-state index contributed by atoms with van der Waals surface area (Å²) >= 11 is 0. The fourth-order valence-electron chi connectivity index (χ4n) is 1.99. The number of rotatable bonds is 6. The van der Waals surface area contributed by atoms with Gasteiger partial charge in [0.05, 0.1) is 11.4 Å². The lowest BCUT2D eigenvalue weighted by Gasteiger charge is -2.13. The van der Waals surface area contributed by atoms with E-state index in [0.29, 0.717) is 6.04 Å². The van der Waals surface area contributed by atoms with Crippen LogP contribution in [0.4, 0.5) is 11.5 Å². The Morgan fingerprint density at radius 3 is 2.84 bits per heavy atom. The number of hydrogen-bond donors (Lipinski definition) is 2. The molecule has 2 heterocycles. The van der Waals surface area contributed by atoms with Crippen molar-refractivity contribution in [2.45, 2.75) is 39.8 Å². The standard InChI is InChI=1S/C13H22N6/c1-10(2)19-13(12(14)11(3)17-19)15-6-4-8-18-9-5-7-16-18/h5,7,9-10,15H,4,6,8,14H2,1-3H3. The summed E-state index contributed by atoms with van der Waals surface area (Å²) in [6.07, 6.45) is 4.75. The van der Waals surface area contributed by atoms with Crippen LogP contribution in [0.15, 0.2) is 18.5 Å². The summed E-state index contributed by atoms with van der Waals surface area (Å²) in [5, 5.41) is 12.0. The Morgan fingerprint density at radius 1 is 1.42 bits per heavy atom. The van der Waals surface area contributed by atoms with Gasteiger partial charge in [-0.15, -0.1) is 0 Å². The molecule has 0 atom stereocenters. The summed E-state index contributed by atoms with van der Waals surface area (Å²) in [7, 11) is 0. The molecule has 2 aromatic heterocycles. The lowest BCUT2D eigenvalue weighted by atomic mass is 10.3. The van der Waals surface area contributed by atoms with Gasteiger partial charge in [0.15, 0.2) is 0 Å². The molecule has 2 rings (SSSR count). The van der Waals surface area contributed by atoms with Crippen LogP contribution in [0.5, 0.6) is 0 Å². The Hall–Kier alpha value is -1.98. The summed E-state index contributed by atoms with van der Waals surface area (Å²) in [4.78, 5) is 0. The number of aryl methyl sites for hydroxylation is 2. The van der Waals surface area contributed by atoms with Gasteiger partial charge >= 0.3 is 0 Å². The van der Waals surface area contributed by atoms with Crippen LogP contribution in [0, 0.1) is 6.92 Å². The Kier molecular flexibility index (Phi) is 4.09. The van der Waals surface area contributed by atoms with E-state index >= 15 is 0 Å². The van der Waals surface area contributed by atoms with E-state index in [4.69, 9.17) is 5.73 Å². The molecule has 0 unspecified atom stereocenters. The van der Waals surface area contributed by atoms with Gasteiger partial charge in [0.1, 0.15) is 5.82 Å². The second-order valence-electron chi connectivity index (χ2n) is 4.94. The van der Waals surface area contributed by atoms with E-state index in [-0.39, 0.29) is 0 Å². The zero-order chi connectivity index (χ0) is 13.8. The molecule has 0 saturated heterocycles. The summed E-state index contributed by atoms with van der Waals surface area (Å²) in [6.45, 7) is 7.88. The van der Waals surface area contributed by atoms with E-state index in [2.05, 4.69) is 29.4 Å². The maximum absolute atomic E-state index is 6.05. The highest BCUT2D eigenvalue weighted by molar-refractivity contribution is 5.64. The van der Waals surface area contributed by atoms with Crippen molar-refractivity contribution < 1.29 is 0 Å². The Bertz CT molecular complexity index is 511. The van der Waals surface area contributed by atoms with Gasteiger partial charge in [-0.2, -0.15) is 10.2 Å². The van der Waals surface area contributed by atoms with Gasteiger partial charge in [-0.25, -0.2) is 4.68 Å². The Morgan fingerprint density at radius 2 is 2.21 bits per heavy atom. The predicted molar refractivity (Wildman–Crippen MR) is 77.1 cm³/mol. The first-order valence-electron chi connectivity index (χ1n) is 6.65. The first kappa shape index (κ1) is 13.5. The van der Waals surface area contributed by atoms with Gasteiger partial charge < -0.3 is 11.1 Å². The average molecular weight is 262 g/mol. The van der Waals surface area contributed by atoms with E-state index in [1.807, 2.05) is 28.6 Å². The van der Waals surface area contributed by atoms with Crippen LogP contribution in [0.25, 0.3) is 0 Å². The van der Waals surface area contributed by atoms with Gasteiger partial charge in [-0.05, 0) is 33.3 Å². The third-order valence-electron chi connectivity index (χ3n) is 3.04. The summed E-state index contributed by atoms with van der Waals surface area (Å²) < 4.78 is 3.87. The van der Waals surface area contributed by atoms with Gasteiger partial charge in [-0.3, -0.25) is 4.68 Å². The van der Waals surface area contributed by atoms with Crippen LogP contribution in [0.1, 0.15) is 32.0 Å². The second-order valence-corrected chi connectivity index (χ2v) is 4.94. The smallest absolute Gasteiger partial charge is 0.148 e. The van der Waals surface area contributed by atoms with Crippen molar-refractivity contribution >= 4 is 11.5 Å². The number of hydrogen-bond acceptors (Lipinski definition) is 4. The molecule has 6 nitrogen and oxygen atoms in total. The molecular formula is C13H22N6. The third-order valence-corrected chi connectivity index (χ3v) is 3.04. The van der Waals surface area contributed by atoms with E-state index in [0.717, 1.165) is 36.7 Å². The lowest BCUT2D eigenvalue weighted by Crippen LogP contribution is -2.13. The minimum Gasteiger partial charge on any atom is -0.394 e. The molecule has 104 valence electrons. The van der Waals surface area contributed by atoms with Crippen LogP contribution in [0.2, 0.25) is 0 Å².